The Morgan fingerprint density at radius 1 is 1.44 bits per heavy atom. The highest BCUT2D eigenvalue weighted by Gasteiger charge is 2.22. The Kier molecular flexibility index (Phi) is 3.31. The highest BCUT2D eigenvalue weighted by molar-refractivity contribution is 5.47. The van der Waals surface area contributed by atoms with Gasteiger partial charge in [0.2, 0.25) is 0 Å². The van der Waals surface area contributed by atoms with Crippen molar-refractivity contribution < 1.29 is 10.2 Å². The molecular formula is C12H18N2O2. The molecule has 2 rings (SSSR count). The molecule has 1 saturated heterocycles. The predicted molar refractivity (Wildman–Crippen MR) is 63.0 cm³/mol. The maximum Gasteiger partial charge on any atom is 0.120 e. The molecule has 1 aromatic carbocycles. The van der Waals surface area contributed by atoms with Gasteiger partial charge >= 0.3 is 0 Å². The van der Waals surface area contributed by atoms with E-state index in [2.05, 4.69) is 4.90 Å². The van der Waals surface area contributed by atoms with Crippen LogP contribution in [0, 0.1) is 5.92 Å². The van der Waals surface area contributed by atoms with E-state index >= 15 is 0 Å². The Hall–Kier alpha value is -1.26. The molecular weight excluding hydrogens is 204 g/mol. The van der Waals surface area contributed by atoms with Gasteiger partial charge < -0.3 is 15.9 Å². The van der Waals surface area contributed by atoms with Crippen molar-refractivity contribution in [3.8, 4) is 5.75 Å². The van der Waals surface area contributed by atoms with Gasteiger partial charge in [-0.05, 0) is 37.1 Å². The molecule has 4 nitrogen and oxygen atoms in total. The second kappa shape index (κ2) is 4.72. The lowest BCUT2D eigenvalue weighted by atomic mass is 10.1. The predicted octanol–water partition coefficient (Wildman–Crippen LogP) is 0.789. The fourth-order valence-corrected chi connectivity index (χ4v) is 2.18. The molecule has 0 saturated carbocycles. The lowest BCUT2D eigenvalue weighted by molar-refractivity contribution is 0.219. The van der Waals surface area contributed by atoms with Crippen molar-refractivity contribution in [2.24, 2.45) is 5.92 Å². The third-order valence-corrected chi connectivity index (χ3v) is 3.13. The van der Waals surface area contributed by atoms with Crippen molar-refractivity contribution in [1.29, 1.82) is 0 Å². The van der Waals surface area contributed by atoms with E-state index in [1.807, 2.05) is 6.07 Å². The van der Waals surface area contributed by atoms with Crippen LogP contribution >= 0.6 is 0 Å². The Morgan fingerprint density at radius 2 is 2.25 bits per heavy atom. The number of nitrogens with zero attached hydrogens (tertiary/aromatic N) is 1. The number of likely N-dealkylation sites (tertiary alicyclic amines) is 1. The number of anilines is 1. The number of phenolic OH excluding ortho intramolecular Hbond substituents is 1. The monoisotopic (exact) mass is 222 g/mol. The van der Waals surface area contributed by atoms with Crippen LogP contribution in [0.1, 0.15) is 12.0 Å². The molecule has 0 aliphatic carbocycles. The quantitative estimate of drug-likeness (QED) is 0.522. The molecule has 88 valence electrons. The maximum atomic E-state index is 9.69. The van der Waals surface area contributed by atoms with Gasteiger partial charge in [-0.15, -0.1) is 0 Å². The van der Waals surface area contributed by atoms with Gasteiger partial charge in [0.15, 0.2) is 0 Å². The van der Waals surface area contributed by atoms with Gasteiger partial charge in [0.25, 0.3) is 0 Å². The lowest BCUT2D eigenvalue weighted by Crippen LogP contribution is -2.21. The molecule has 1 atom stereocenters. The van der Waals surface area contributed by atoms with Crippen LogP contribution in [-0.2, 0) is 6.54 Å². The molecule has 0 bridgehead atoms. The van der Waals surface area contributed by atoms with Crippen molar-refractivity contribution in [2.45, 2.75) is 13.0 Å². The average molecular weight is 222 g/mol. The molecule has 1 unspecified atom stereocenters. The molecule has 0 radical (unpaired) electrons. The lowest BCUT2D eigenvalue weighted by Gasteiger charge is -2.16. The van der Waals surface area contributed by atoms with Crippen LogP contribution in [0.5, 0.6) is 5.75 Å². The van der Waals surface area contributed by atoms with Crippen molar-refractivity contribution in [3.63, 3.8) is 0 Å². The molecule has 16 heavy (non-hydrogen) atoms. The van der Waals surface area contributed by atoms with Crippen molar-refractivity contribution in [3.05, 3.63) is 23.8 Å². The minimum Gasteiger partial charge on any atom is -0.508 e. The number of aliphatic hydroxyl groups is 1. The van der Waals surface area contributed by atoms with Crippen LogP contribution in [0.25, 0.3) is 0 Å². The summed E-state index contributed by atoms with van der Waals surface area (Å²) in [5, 5.41) is 18.7. The molecule has 0 aromatic heterocycles. The van der Waals surface area contributed by atoms with Crippen LogP contribution in [0.2, 0.25) is 0 Å². The standard InChI is InChI=1S/C12H18N2O2/c13-11-1-2-12(16)10(5-11)7-14-4-3-9(6-14)8-15/h1-2,5,9,15-16H,3-4,6-8,13H2. The first-order valence-electron chi connectivity index (χ1n) is 5.59. The summed E-state index contributed by atoms with van der Waals surface area (Å²) in [6.07, 6.45) is 1.03. The summed E-state index contributed by atoms with van der Waals surface area (Å²) in [7, 11) is 0. The molecule has 1 aromatic rings. The van der Waals surface area contributed by atoms with Gasteiger partial charge in [0.05, 0.1) is 0 Å². The molecule has 0 amide bonds. The molecule has 4 heteroatoms. The summed E-state index contributed by atoms with van der Waals surface area (Å²) in [4.78, 5) is 2.23. The van der Waals surface area contributed by atoms with E-state index in [1.165, 1.54) is 0 Å². The van der Waals surface area contributed by atoms with Crippen LogP contribution in [-0.4, -0.2) is 34.8 Å². The van der Waals surface area contributed by atoms with Crippen LogP contribution in [0.15, 0.2) is 18.2 Å². The summed E-state index contributed by atoms with van der Waals surface area (Å²) >= 11 is 0. The van der Waals surface area contributed by atoms with Crippen LogP contribution < -0.4 is 5.73 Å². The SMILES string of the molecule is Nc1ccc(O)c(CN2CCC(CO)C2)c1. The van der Waals surface area contributed by atoms with Gasteiger partial charge in [0, 0.05) is 30.9 Å². The van der Waals surface area contributed by atoms with Crippen LogP contribution in [0.4, 0.5) is 5.69 Å². The molecule has 1 fully saturated rings. The first-order chi connectivity index (χ1) is 7.69. The minimum atomic E-state index is 0.249. The number of nitrogen functional groups attached to an aromatic ring is 1. The van der Waals surface area contributed by atoms with E-state index < -0.39 is 0 Å². The Labute approximate surface area is 95.3 Å². The summed E-state index contributed by atoms with van der Waals surface area (Å²) in [6.45, 7) is 2.82. The Morgan fingerprint density at radius 3 is 2.94 bits per heavy atom. The molecule has 1 aliphatic heterocycles. The normalized spacial score (nSPS) is 21.4. The molecule has 1 heterocycles. The Balaban J connectivity index is 2.01. The number of phenols is 1. The highest BCUT2D eigenvalue weighted by Crippen LogP contribution is 2.24. The number of aliphatic hydroxyl groups excluding tert-OH is 1. The fraction of sp³-hybridized carbons (Fsp3) is 0.500. The Bertz CT molecular complexity index is 368. The van der Waals surface area contributed by atoms with E-state index in [0.717, 1.165) is 25.1 Å². The van der Waals surface area contributed by atoms with Crippen LogP contribution in [0.3, 0.4) is 0 Å². The highest BCUT2D eigenvalue weighted by atomic mass is 16.3. The molecule has 1 aliphatic rings. The number of benzene rings is 1. The first-order valence-corrected chi connectivity index (χ1v) is 5.59. The average Bonchev–Trinajstić information content (AvgIpc) is 2.71. The number of hydrogen-bond acceptors (Lipinski definition) is 4. The first kappa shape index (κ1) is 11.2. The minimum absolute atomic E-state index is 0.249. The number of nitrogens with two attached hydrogens (primary N) is 1. The smallest absolute Gasteiger partial charge is 0.120 e. The maximum absolute atomic E-state index is 9.69. The number of aromatic hydroxyl groups is 1. The van der Waals surface area contributed by atoms with Gasteiger partial charge in [-0.2, -0.15) is 0 Å². The van der Waals surface area contributed by atoms with E-state index in [4.69, 9.17) is 10.8 Å². The topological polar surface area (TPSA) is 69.7 Å². The van der Waals surface area contributed by atoms with Gasteiger partial charge in [0.1, 0.15) is 5.75 Å². The van der Waals surface area contributed by atoms with Gasteiger partial charge in [-0.1, -0.05) is 0 Å². The van der Waals surface area contributed by atoms with E-state index in [0.29, 0.717) is 23.9 Å². The number of rotatable bonds is 3. The summed E-state index contributed by atoms with van der Waals surface area (Å²) < 4.78 is 0. The van der Waals surface area contributed by atoms with Gasteiger partial charge in [-0.25, -0.2) is 0 Å². The molecule has 0 spiro atoms. The molecule has 4 N–H and O–H groups in total. The zero-order valence-corrected chi connectivity index (χ0v) is 9.26. The zero-order valence-electron chi connectivity index (χ0n) is 9.26. The second-order valence-corrected chi connectivity index (χ2v) is 4.46. The van der Waals surface area contributed by atoms with Crippen molar-refractivity contribution in [1.82, 2.24) is 4.90 Å². The summed E-state index contributed by atoms with van der Waals surface area (Å²) in [6, 6.07) is 5.13. The zero-order chi connectivity index (χ0) is 11.5. The van der Waals surface area contributed by atoms with E-state index in [9.17, 15) is 5.11 Å². The van der Waals surface area contributed by atoms with Gasteiger partial charge in [-0.3, -0.25) is 4.90 Å². The fourth-order valence-electron chi connectivity index (χ4n) is 2.18. The van der Waals surface area contributed by atoms with E-state index in [1.54, 1.807) is 12.1 Å². The summed E-state index contributed by atoms with van der Waals surface area (Å²) in [5.41, 5.74) is 7.22. The summed E-state index contributed by atoms with van der Waals surface area (Å²) in [5.74, 6) is 0.671. The third kappa shape index (κ3) is 2.46. The second-order valence-electron chi connectivity index (χ2n) is 4.46. The van der Waals surface area contributed by atoms with Crippen molar-refractivity contribution >= 4 is 5.69 Å². The third-order valence-electron chi connectivity index (χ3n) is 3.13. The largest absolute Gasteiger partial charge is 0.508 e. The number of hydrogen-bond donors (Lipinski definition) is 3. The van der Waals surface area contributed by atoms with E-state index in [-0.39, 0.29) is 6.61 Å². The van der Waals surface area contributed by atoms with Crippen molar-refractivity contribution in [2.75, 3.05) is 25.4 Å².